The van der Waals surface area contributed by atoms with Crippen molar-refractivity contribution < 1.29 is 14.7 Å². The summed E-state index contributed by atoms with van der Waals surface area (Å²) >= 11 is 1.24. The average Bonchev–Trinajstić information content (AvgIpc) is 2.93. The number of aromatic carboxylic acids is 1. The van der Waals surface area contributed by atoms with Crippen LogP contribution in [0.1, 0.15) is 35.9 Å². The highest BCUT2D eigenvalue weighted by atomic mass is 32.1. The summed E-state index contributed by atoms with van der Waals surface area (Å²) in [6.45, 7) is 2.43. The van der Waals surface area contributed by atoms with Crippen LogP contribution >= 0.6 is 11.3 Å². The highest BCUT2D eigenvalue weighted by molar-refractivity contribution is 7.18. The summed E-state index contributed by atoms with van der Waals surface area (Å²) in [6.07, 6.45) is 1.84. The molecule has 0 aliphatic heterocycles. The number of hydrogen-bond donors (Lipinski definition) is 2. The fourth-order valence-electron chi connectivity index (χ4n) is 2.17. The molecule has 22 heavy (non-hydrogen) atoms. The monoisotopic (exact) mass is 317 g/mol. The van der Waals surface area contributed by atoms with E-state index >= 15 is 0 Å². The van der Waals surface area contributed by atoms with Crippen LogP contribution in [0, 0.1) is 0 Å². The van der Waals surface area contributed by atoms with Gasteiger partial charge in [-0.2, -0.15) is 0 Å². The number of carboxylic acids is 1. The Balaban J connectivity index is 2.11. The fraction of sp³-hybridized carbons (Fsp3) is 0.294. The Morgan fingerprint density at radius 3 is 2.55 bits per heavy atom. The second-order valence-corrected chi connectivity index (χ2v) is 6.04. The normalized spacial score (nSPS) is 10.4. The molecule has 1 aromatic carbocycles. The maximum atomic E-state index is 11.5. The number of benzene rings is 1. The van der Waals surface area contributed by atoms with Crippen LogP contribution < -0.4 is 5.32 Å². The highest BCUT2D eigenvalue weighted by Gasteiger charge is 2.16. The highest BCUT2D eigenvalue weighted by Crippen LogP contribution is 2.34. The lowest BCUT2D eigenvalue weighted by atomic mass is 10.1. The maximum absolute atomic E-state index is 11.5. The zero-order valence-corrected chi connectivity index (χ0v) is 13.3. The Bertz CT molecular complexity index is 649. The molecular formula is C17H19NO3S. The summed E-state index contributed by atoms with van der Waals surface area (Å²) in [5, 5.41) is 12.4. The number of rotatable bonds is 8. The largest absolute Gasteiger partial charge is 0.477 e. The number of anilines is 1. The van der Waals surface area contributed by atoms with Crippen LogP contribution in [0.4, 0.5) is 5.69 Å². The van der Waals surface area contributed by atoms with E-state index in [2.05, 4.69) is 5.32 Å². The number of carboxylic acid groups (broad SMARTS) is 1. The summed E-state index contributed by atoms with van der Waals surface area (Å²) in [5.41, 5.74) is 1.57. The maximum Gasteiger partial charge on any atom is 0.348 e. The third-order valence-corrected chi connectivity index (χ3v) is 4.40. The molecule has 2 N–H and O–H groups in total. The van der Waals surface area contributed by atoms with Crippen molar-refractivity contribution >= 4 is 28.8 Å². The van der Waals surface area contributed by atoms with Gasteiger partial charge < -0.3 is 10.4 Å². The lowest BCUT2D eigenvalue weighted by Gasteiger charge is -2.04. The molecule has 2 aromatic rings. The molecule has 0 spiro atoms. The molecule has 4 nitrogen and oxygen atoms in total. The van der Waals surface area contributed by atoms with Gasteiger partial charge in [0.15, 0.2) is 0 Å². The van der Waals surface area contributed by atoms with Gasteiger partial charge in [-0.15, -0.1) is 11.3 Å². The number of nitrogens with one attached hydrogen (secondary N) is 1. The Hall–Kier alpha value is -2.14. The minimum absolute atomic E-state index is 0.199. The van der Waals surface area contributed by atoms with E-state index in [-0.39, 0.29) is 10.7 Å². The van der Waals surface area contributed by atoms with Crippen molar-refractivity contribution in [3.05, 3.63) is 41.3 Å². The first-order chi connectivity index (χ1) is 10.6. The van der Waals surface area contributed by atoms with Gasteiger partial charge in [0.05, 0.1) is 5.69 Å². The zero-order chi connectivity index (χ0) is 15.9. The van der Waals surface area contributed by atoms with Gasteiger partial charge in [-0.1, -0.05) is 37.3 Å². The molecule has 116 valence electrons. The number of carbonyl (C=O) groups excluding carboxylic acids is 1. The van der Waals surface area contributed by atoms with Crippen molar-refractivity contribution in [3.8, 4) is 10.4 Å². The van der Waals surface area contributed by atoms with Crippen molar-refractivity contribution in [3.63, 3.8) is 0 Å². The van der Waals surface area contributed by atoms with E-state index in [9.17, 15) is 14.7 Å². The van der Waals surface area contributed by atoms with E-state index in [0.717, 1.165) is 16.9 Å². The van der Waals surface area contributed by atoms with Crippen molar-refractivity contribution in [2.24, 2.45) is 0 Å². The first kappa shape index (κ1) is 16.2. The summed E-state index contributed by atoms with van der Waals surface area (Å²) in [4.78, 5) is 24.1. The van der Waals surface area contributed by atoms with Gasteiger partial charge in [0.2, 0.25) is 0 Å². The fourth-order valence-corrected chi connectivity index (χ4v) is 3.15. The van der Waals surface area contributed by atoms with Crippen LogP contribution in [-0.4, -0.2) is 23.4 Å². The van der Waals surface area contributed by atoms with Crippen molar-refractivity contribution in [1.82, 2.24) is 0 Å². The predicted molar refractivity (Wildman–Crippen MR) is 89.7 cm³/mol. The predicted octanol–water partition coefficient (Wildman–Crippen LogP) is 4.28. The third-order valence-electron chi connectivity index (χ3n) is 3.23. The number of hydrogen-bond acceptors (Lipinski definition) is 4. The number of Topliss-reactive ketones (excluding diaryl/α,β-unsaturated/α-hetero) is 1. The minimum Gasteiger partial charge on any atom is -0.477 e. The molecule has 0 unspecified atom stereocenters. The molecule has 1 aromatic heterocycles. The van der Waals surface area contributed by atoms with Gasteiger partial charge in [0, 0.05) is 24.3 Å². The molecule has 0 fully saturated rings. The second kappa shape index (κ2) is 7.75. The molecule has 0 saturated heterocycles. The van der Waals surface area contributed by atoms with Gasteiger partial charge in [-0.05, 0) is 18.1 Å². The molecule has 1 heterocycles. The molecule has 0 bridgehead atoms. The van der Waals surface area contributed by atoms with Crippen LogP contribution in [0.3, 0.4) is 0 Å². The molecule has 2 rings (SSSR count). The van der Waals surface area contributed by atoms with E-state index in [0.29, 0.717) is 25.1 Å². The van der Waals surface area contributed by atoms with Crippen molar-refractivity contribution in [1.29, 1.82) is 0 Å². The number of carbonyl (C=O) groups is 2. The lowest BCUT2D eigenvalue weighted by molar-refractivity contribution is -0.118. The van der Waals surface area contributed by atoms with Crippen molar-refractivity contribution in [2.45, 2.75) is 26.2 Å². The SMILES string of the molecule is CCCC(=O)CCNc1cc(-c2ccccc2)sc1C(=O)O. The molecule has 0 amide bonds. The van der Waals surface area contributed by atoms with E-state index in [1.54, 1.807) is 0 Å². The van der Waals surface area contributed by atoms with Gasteiger partial charge in [-0.25, -0.2) is 4.79 Å². The molecule has 0 aliphatic rings. The quantitative estimate of drug-likeness (QED) is 0.762. The minimum atomic E-state index is -0.949. The molecular weight excluding hydrogens is 298 g/mol. The zero-order valence-electron chi connectivity index (χ0n) is 12.5. The van der Waals surface area contributed by atoms with Gasteiger partial charge >= 0.3 is 5.97 Å². The van der Waals surface area contributed by atoms with Crippen LogP contribution in [0.2, 0.25) is 0 Å². The molecule has 0 aliphatic carbocycles. The first-order valence-electron chi connectivity index (χ1n) is 7.30. The molecule has 0 radical (unpaired) electrons. The Morgan fingerprint density at radius 1 is 1.18 bits per heavy atom. The Morgan fingerprint density at radius 2 is 1.91 bits per heavy atom. The summed E-state index contributed by atoms with van der Waals surface area (Å²) in [7, 11) is 0. The summed E-state index contributed by atoms with van der Waals surface area (Å²) < 4.78 is 0. The Kier molecular flexibility index (Phi) is 5.72. The van der Waals surface area contributed by atoms with Crippen LogP contribution in [0.15, 0.2) is 36.4 Å². The van der Waals surface area contributed by atoms with Gasteiger partial charge in [0.25, 0.3) is 0 Å². The number of ketones is 1. The van der Waals surface area contributed by atoms with Gasteiger partial charge in [-0.3, -0.25) is 4.79 Å². The van der Waals surface area contributed by atoms with Crippen molar-refractivity contribution in [2.75, 3.05) is 11.9 Å². The standard InChI is InChI=1S/C17H19NO3S/c1-2-6-13(19)9-10-18-14-11-15(22-16(14)17(20)21)12-7-4-3-5-8-12/h3-5,7-8,11,18H,2,6,9-10H2,1H3,(H,20,21). The third kappa shape index (κ3) is 4.18. The van der Waals surface area contributed by atoms with Crippen LogP contribution in [-0.2, 0) is 4.79 Å². The molecule has 0 saturated carbocycles. The molecule has 0 atom stereocenters. The van der Waals surface area contributed by atoms with E-state index in [4.69, 9.17) is 0 Å². The first-order valence-corrected chi connectivity index (χ1v) is 8.11. The average molecular weight is 317 g/mol. The molecule has 5 heteroatoms. The summed E-state index contributed by atoms with van der Waals surface area (Å²) in [6, 6.07) is 11.5. The van der Waals surface area contributed by atoms with Crippen LogP contribution in [0.25, 0.3) is 10.4 Å². The van der Waals surface area contributed by atoms with E-state index < -0.39 is 5.97 Å². The topological polar surface area (TPSA) is 66.4 Å². The van der Waals surface area contributed by atoms with Crippen LogP contribution in [0.5, 0.6) is 0 Å². The van der Waals surface area contributed by atoms with E-state index in [1.807, 2.05) is 43.3 Å². The second-order valence-electron chi connectivity index (χ2n) is 4.99. The summed E-state index contributed by atoms with van der Waals surface area (Å²) in [5.74, 6) is -0.750. The van der Waals surface area contributed by atoms with Gasteiger partial charge in [0.1, 0.15) is 10.7 Å². The number of thiophene rings is 1. The smallest absolute Gasteiger partial charge is 0.348 e. The van der Waals surface area contributed by atoms with E-state index in [1.165, 1.54) is 11.3 Å². The lowest BCUT2D eigenvalue weighted by Crippen LogP contribution is -2.09. The Labute approximate surface area is 133 Å².